The Balaban J connectivity index is 1.63. The molecule has 1 saturated carbocycles. The average molecular weight is 451 g/mol. The second-order valence-corrected chi connectivity index (χ2v) is 8.80. The molecule has 1 aliphatic carbocycles. The molecule has 2 aromatic carbocycles. The fourth-order valence-corrected chi connectivity index (χ4v) is 4.56. The zero-order valence-corrected chi connectivity index (χ0v) is 18.1. The number of amidine groups is 1. The van der Waals surface area contributed by atoms with Crippen LogP contribution in [0.2, 0.25) is 15.1 Å². The molecular weight excluding hydrogens is 429 g/mol. The van der Waals surface area contributed by atoms with Crippen molar-refractivity contribution in [2.45, 2.75) is 44.2 Å². The van der Waals surface area contributed by atoms with E-state index in [-0.39, 0.29) is 11.9 Å². The minimum absolute atomic E-state index is 0.0315. The van der Waals surface area contributed by atoms with Crippen molar-refractivity contribution in [2.24, 2.45) is 4.99 Å². The first-order chi connectivity index (χ1) is 14.0. The molecule has 1 atom stereocenters. The number of aliphatic imine (C=N–C) groups is 1. The highest BCUT2D eigenvalue weighted by Crippen LogP contribution is 2.30. The first-order valence-electron chi connectivity index (χ1n) is 9.88. The second-order valence-electron chi connectivity index (χ2n) is 7.52. The zero-order valence-electron chi connectivity index (χ0n) is 15.9. The Labute approximate surface area is 185 Å². The van der Waals surface area contributed by atoms with Gasteiger partial charge >= 0.3 is 0 Å². The van der Waals surface area contributed by atoms with Crippen LogP contribution in [0.4, 0.5) is 5.69 Å². The monoisotopic (exact) mass is 449 g/mol. The quantitative estimate of drug-likeness (QED) is 0.646. The van der Waals surface area contributed by atoms with E-state index in [1.807, 2.05) is 35.2 Å². The average Bonchev–Trinajstić information content (AvgIpc) is 3.14. The number of hydrogen-bond donors (Lipinski definition) is 1. The molecular formula is C22H22Cl3N3O. The molecule has 29 heavy (non-hydrogen) atoms. The number of nitrogens with zero attached hydrogens (tertiary/aromatic N) is 2. The van der Waals surface area contributed by atoms with E-state index in [0.29, 0.717) is 27.4 Å². The van der Waals surface area contributed by atoms with Crippen LogP contribution in [0, 0.1) is 0 Å². The molecule has 1 heterocycles. The summed E-state index contributed by atoms with van der Waals surface area (Å²) in [6.07, 6.45) is 5.66. The van der Waals surface area contributed by atoms with Gasteiger partial charge in [-0.3, -0.25) is 9.79 Å². The SMILES string of the molecule is O=C(NC1CCCCC1)C1CN(c2ccc(Cl)cc2)C(c2ccc(Cl)cc2Cl)=N1. The molecule has 4 rings (SSSR count). The molecule has 1 fully saturated rings. The Morgan fingerprint density at radius 1 is 0.966 bits per heavy atom. The van der Waals surface area contributed by atoms with E-state index in [2.05, 4.69) is 5.32 Å². The van der Waals surface area contributed by atoms with Crippen LogP contribution in [-0.2, 0) is 4.79 Å². The number of carbonyl (C=O) groups is 1. The number of anilines is 1. The number of benzene rings is 2. The van der Waals surface area contributed by atoms with Crippen LogP contribution in [0.3, 0.4) is 0 Å². The van der Waals surface area contributed by atoms with E-state index in [1.165, 1.54) is 19.3 Å². The Morgan fingerprint density at radius 3 is 2.34 bits per heavy atom. The van der Waals surface area contributed by atoms with Gasteiger partial charge in [0.15, 0.2) is 0 Å². The summed E-state index contributed by atoms with van der Waals surface area (Å²) in [5, 5.41) is 4.91. The molecule has 2 aliphatic rings. The number of nitrogens with one attached hydrogen (secondary N) is 1. The van der Waals surface area contributed by atoms with Gasteiger partial charge in [0.05, 0.1) is 11.6 Å². The molecule has 1 unspecified atom stereocenters. The van der Waals surface area contributed by atoms with E-state index in [4.69, 9.17) is 39.8 Å². The van der Waals surface area contributed by atoms with E-state index in [0.717, 1.165) is 24.1 Å². The molecule has 152 valence electrons. The van der Waals surface area contributed by atoms with Gasteiger partial charge in [0.2, 0.25) is 5.91 Å². The first-order valence-corrected chi connectivity index (χ1v) is 11.0. The summed E-state index contributed by atoms with van der Waals surface area (Å²) in [5.41, 5.74) is 1.66. The Bertz CT molecular complexity index is 923. The fraction of sp³-hybridized carbons (Fsp3) is 0.364. The minimum Gasteiger partial charge on any atom is -0.351 e. The lowest BCUT2D eigenvalue weighted by atomic mass is 9.95. The topological polar surface area (TPSA) is 44.7 Å². The number of halogens is 3. The summed E-state index contributed by atoms with van der Waals surface area (Å²) < 4.78 is 0. The molecule has 0 bridgehead atoms. The molecule has 1 N–H and O–H groups in total. The van der Waals surface area contributed by atoms with Crippen LogP contribution in [-0.4, -0.2) is 30.4 Å². The molecule has 0 radical (unpaired) electrons. The van der Waals surface area contributed by atoms with Crippen molar-refractivity contribution in [2.75, 3.05) is 11.4 Å². The molecule has 0 saturated heterocycles. The van der Waals surface area contributed by atoms with Crippen LogP contribution in [0.25, 0.3) is 0 Å². The van der Waals surface area contributed by atoms with Crippen LogP contribution in [0.15, 0.2) is 47.5 Å². The highest BCUT2D eigenvalue weighted by atomic mass is 35.5. The van der Waals surface area contributed by atoms with Crippen LogP contribution in [0.1, 0.15) is 37.7 Å². The van der Waals surface area contributed by atoms with Crippen LogP contribution < -0.4 is 10.2 Å². The Kier molecular flexibility index (Phi) is 6.33. The molecule has 1 amide bonds. The maximum atomic E-state index is 12.9. The van der Waals surface area contributed by atoms with Crippen molar-refractivity contribution in [1.29, 1.82) is 0 Å². The van der Waals surface area contributed by atoms with Crippen LogP contribution >= 0.6 is 34.8 Å². The number of hydrogen-bond acceptors (Lipinski definition) is 3. The molecule has 0 spiro atoms. The Hall–Kier alpha value is -1.75. The van der Waals surface area contributed by atoms with Gasteiger partial charge < -0.3 is 10.2 Å². The summed E-state index contributed by atoms with van der Waals surface area (Å²) >= 11 is 18.6. The largest absolute Gasteiger partial charge is 0.351 e. The van der Waals surface area contributed by atoms with Crippen molar-refractivity contribution >= 4 is 52.2 Å². The van der Waals surface area contributed by atoms with E-state index >= 15 is 0 Å². The molecule has 4 nitrogen and oxygen atoms in total. The van der Waals surface area contributed by atoms with Crippen molar-refractivity contribution in [1.82, 2.24) is 5.32 Å². The molecule has 0 aromatic heterocycles. The lowest BCUT2D eigenvalue weighted by Crippen LogP contribution is -2.43. The van der Waals surface area contributed by atoms with Gasteiger partial charge in [0.1, 0.15) is 11.9 Å². The lowest BCUT2D eigenvalue weighted by Gasteiger charge is -2.24. The fourth-order valence-electron chi connectivity index (χ4n) is 3.94. The number of amides is 1. The molecule has 7 heteroatoms. The lowest BCUT2D eigenvalue weighted by molar-refractivity contribution is -0.122. The van der Waals surface area contributed by atoms with Gasteiger partial charge in [-0.15, -0.1) is 0 Å². The third kappa shape index (κ3) is 4.71. The van der Waals surface area contributed by atoms with E-state index in [9.17, 15) is 4.79 Å². The van der Waals surface area contributed by atoms with E-state index < -0.39 is 6.04 Å². The van der Waals surface area contributed by atoms with E-state index in [1.54, 1.807) is 12.1 Å². The normalized spacial score (nSPS) is 19.9. The zero-order chi connectivity index (χ0) is 20.4. The Morgan fingerprint density at radius 2 is 1.66 bits per heavy atom. The standard InChI is InChI=1S/C22H22Cl3N3O/c23-14-6-9-17(10-7-14)28-13-20(22(29)26-16-4-2-1-3-5-16)27-21(28)18-11-8-15(24)12-19(18)25/h6-12,16,20H,1-5,13H2,(H,26,29). The van der Waals surface area contributed by atoms with Gasteiger partial charge in [-0.25, -0.2) is 0 Å². The summed E-state index contributed by atoms with van der Waals surface area (Å²) in [4.78, 5) is 19.7. The first kappa shape index (κ1) is 20.5. The van der Waals surface area contributed by atoms with Crippen molar-refractivity contribution in [3.8, 4) is 0 Å². The van der Waals surface area contributed by atoms with Crippen LogP contribution in [0.5, 0.6) is 0 Å². The number of rotatable bonds is 4. The van der Waals surface area contributed by atoms with Crippen molar-refractivity contribution in [3.05, 3.63) is 63.1 Å². The number of carbonyl (C=O) groups excluding carboxylic acids is 1. The minimum atomic E-state index is -0.491. The highest BCUT2D eigenvalue weighted by Gasteiger charge is 2.33. The molecule has 1 aliphatic heterocycles. The summed E-state index contributed by atoms with van der Waals surface area (Å²) in [5.74, 6) is 0.633. The third-order valence-corrected chi connectivity index (χ3v) is 6.25. The molecule has 2 aromatic rings. The maximum absolute atomic E-state index is 12.9. The van der Waals surface area contributed by atoms with Gasteiger partial charge in [-0.2, -0.15) is 0 Å². The predicted molar refractivity (Wildman–Crippen MR) is 121 cm³/mol. The van der Waals surface area contributed by atoms with Gasteiger partial charge in [0, 0.05) is 27.3 Å². The van der Waals surface area contributed by atoms with Crippen molar-refractivity contribution in [3.63, 3.8) is 0 Å². The smallest absolute Gasteiger partial charge is 0.246 e. The summed E-state index contributed by atoms with van der Waals surface area (Å²) in [7, 11) is 0. The maximum Gasteiger partial charge on any atom is 0.246 e. The third-order valence-electron chi connectivity index (χ3n) is 5.45. The van der Waals surface area contributed by atoms with Gasteiger partial charge in [-0.05, 0) is 55.3 Å². The van der Waals surface area contributed by atoms with Gasteiger partial charge in [-0.1, -0.05) is 54.1 Å². The van der Waals surface area contributed by atoms with Crippen molar-refractivity contribution < 1.29 is 4.79 Å². The summed E-state index contributed by atoms with van der Waals surface area (Å²) in [6.45, 7) is 0.453. The highest BCUT2D eigenvalue weighted by molar-refractivity contribution is 6.37. The van der Waals surface area contributed by atoms with Gasteiger partial charge in [0.25, 0.3) is 0 Å². The summed E-state index contributed by atoms with van der Waals surface area (Å²) in [6, 6.07) is 12.6. The second kappa shape index (κ2) is 8.95. The predicted octanol–water partition coefficient (Wildman–Crippen LogP) is 5.73.